The lowest BCUT2D eigenvalue weighted by molar-refractivity contribution is -0.224. The summed E-state index contributed by atoms with van der Waals surface area (Å²) in [7, 11) is 0. The molecule has 2 atom stereocenters. The van der Waals surface area contributed by atoms with Gasteiger partial charge in [0.2, 0.25) is 5.91 Å². The number of rotatable bonds is 5. The lowest BCUT2D eigenvalue weighted by Crippen LogP contribution is -2.50. The molecule has 0 spiro atoms. The maximum Gasteiger partial charge on any atom is 0.487 e. The van der Waals surface area contributed by atoms with Crippen LogP contribution in [-0.4, -0.2) is 72.7 Å². The second-order valence-corrected chi connectivity index (χ2v) is 7.61. The first kappa shape index (κ1) is 21.6. The van der Waals surface area contributed by atoms with Crippen molar-refractivity contribution in [2.45, 2.75) is 44.1 Å². The molecule has 2 heterocycles. The van der Waals surface area contributed by atoms with E-state index in [2.05, 4.69) is 15.5 Å². The van der Waals surface area contributed by atoms with Crippen molar-refractivity contribution in [2.24, 2.45) is 0 Å². The Morgan fingerprint density at radius 3 is 2.62 bits per heavy atom. The minimum atomic E-state index is -4.93. The van der Waals surface area contributed by atoms with Crippen molar-refractivity contribution in [3.05, 3.63) is 35.9 Å². The van der Waals surface area contributed by atoms with Crippen molar-refractivity contribution in [3.8, 4) is 0 Å². The molecule has 0 aliphatic carbocycles. The Morgan fingerprint density at radius 2 is 1.90 bits per heavy atom. The monoisotopic (exact) mass is 412 g/mol. The summed E-state index contributed by atoms with van der Waals surface area (Å²) in [5.74, 6) is -2.02. The standard InChI is InChI=1S/C20H27F3N4O2/c21-20(22,23)27(19(29)15-5-2-1-3-6-15)14-18(28)25-16-9-12-26(13-16)17-7-4-10-24-11-8-17/h1-3,5-6,16-17,24H,4,7-14H2,(H,25,28)/t16-,17?/m1/s1. The predicted octanol–water partition coefficient (Wildman–Crippen LogP) is 1.98. The SMILES string of the molecule is O=C(CN(C(=O)c1ccccc1)C(F)(F)F)N[C@@H]1CCN(C2CCCNCC2)C1. The molecule has 0 aromatic heterocycles. The number of likely N-dealkylation sites (tertiary alicyclic amines) is 1. The van der Waals surface area contributed by atoms with E-state index in [0.717, 1.165) is 38.9 Å². The maximum absolute atomic E-state index is 13.4. The molecule has 3 rings (SSSR count). The molecule has 0 radical (unpaired) electrons. The Bertz CT molecular complexity index is 691. The lowest BCUT2D eigenvalue weighted by Gasteiger charge is -2.27. The van der Waals surface area contributed by atoms with Gasteiger partial charge in [-0.25, -0.2) is 4.90 Å². The predicted molar refractivity (Wildman–Crippen MR) is 102 cm³/mol. The van der Waals surface area contributed by atoms with Gasteiger partial charge in [-0.3, -0.25) is 14.5 Å². The first-order valence-corrected chi connectivity index (χ1v) is 10.0. The Hall–Kier alpha value is -2.13. The third-order valence-electron chi connectivity index (χ3n) is 5.52. The van der Waals surface area contributed by atoms with Gasteiger partial charge in [0.1, 0.15) is 6.54 Å². The molecular formula is C20H27F3N4O2. The molecule has 2 saturated heterocycles. The number of carbonyl (C=O) groups is 2. The molecule has 29 heavy (non-hydrogen) atoms. The van der Waals surface area contributed by atoms with Crippen LogP contribution in [0.1, 0.15) is 36.0 Å². The average molecular weight is 412 g/mol. The first-order valence-electron chi connectivity index (χ1n) is 10.0. The summed E-state index contributed by atoms with van der Waals surface area (Å²) < 4.78 is 40.2. The van der Waals surface area contributed by atoms with Crippen LogP contribution >= 0.6 is 0 Å². The van der Waals surface area contributed by atoms with Crippen LogP contribution in [0.15, 0.2) is 30.3 Å². The van der Waals surface area contributed by atoms with Crippen molar-refractivity contribution in [1.29, 1.82) is 0 Å². The second-order valence-electron chi connectivity index (χ2n) is 7.61. The van der Waals surface area contributed by atoms with Gasteiger partial charge < -0.3 is 10.6 Å². The minimum Gasteiger partial charge on any atom is -0.350 e. The Balaban J connectivity index is 1.56. The van der Waals surface area contributed by atoms with Crippen LogP contribution in [0, 0.1) is 0 Å². The zero-order chi connectivity index (χ0) is 20.9. The highest BCUT2D eigenvalue weighted by molar-refractivity contribution is 5.96. The summed E-state index contributed by atoms with van der Waals surface area (Å²) in [5.41, 5.74) is -0.105. The van der Waals surface area contributed by atoms with E-state index in [9.17, 15) is 22.8 Å². The van der Waals surface area contributed by atoms with Crippen LogP contribution in [-0.2, 0) is 4.79 Å². The van der Waals surface area contributed by atoms with Crippen molar-refractivity contribution in [2.75, 3.05) is 32.7 Å². The smallest absolute Gasteiger partial charge is 0.350 e. The van der Waals surface area contributed by atoms with E-state index in [1.807, 2.05) is 0 Å². The highest BCUT2D eigenvalue weighted by Gasteiger charge is 2.43. The van der Waals surface area contributed by atoms with Crippen LogP contribution in [0.3, 0.4) is 0 Å². The fourth-order valence-corrected chi connectivity index (χ4v) is 4.03. The number of amides is 2. The second kappa shape index (κ2) is 9.58. The normalized spacial score (nSPS) is 23.4. The number of nitrogens with one attached hydrogen (secondary N) is 2. The van der Waals surface area contributed by atoms with Crippen molar-refractivity contribution in [1.82, 2.24) is 20.4 Å². The highest BCUT2D eigenvalue weighted by atomic mass is 19.4. The highest BCUT2D eigenvalue weighted by Crippen LogP contribution is 2.24. The molecule has 1 unspecified atom stereocenters. The molecule has 2 N–H and O–H groups in total. The Kier molecular flexibility index (Phi) is 7.13. The van der Waals surface area contributed by atoms with Crippen LogP contribution in [0.4, 0.5) is 13.2 Å². The summed E-state index contributed by atoms with van der Waals surface area (Å²) in [6.45, 7) is 2.38. The summed E-state index contributed by atoms with van der Waals surface area (Å²) in [6.07, 6.45) is -1.01. The first-order chi connectivity index (χ1) is 13.8. The van der Waals surface area contributed by atoms with Gasteiger partial charge in [-0.05, 0) is 50.9 Å². The van der Waals surface area contributed by atoms with Gasteiger partial charge in [0.15, 0.2) is 0 Å². The van der Waals surface area contributed by atoms with Crippen molar-refractivity contribution in [3.63, 3.8) is 0 Å². The number of benzene rings is 1. The topological polar surface area (TPSA) is 64.7 Å². The fraction of sp³-hybridized carbons (Fsp3) is 0.600. The van der Waals surface area contributed by atoms with Gasteiger partial charge in [-0.2, -0.15) is 0 Å². The largest absolute Gasteiger partial charge is 0.487 e. The average Bonchev–Trinajstić information content (AvgIpc) is 2.97. The summed E-state index contributed by atoms with van der Waals surface area (Å²) in [6, 6.07) is 7.43. The Morgan fingerprint density at radius 1 is 1.14 bits per heavy atom. The van der Waals surface area contributed by atoms with Crippen LogP contribution < -0.4 is 10.6 Å². The maximum atomic E-state index is 13.4. The molecule has 160 valence electrons. The number of hydrogen-bond acceptors (Lipinski definition) is 4. The van der Waals surface area contributed by atoms with E-state index in [1.165, 1.54) is 24.3 Å². The number of carbonyl (C=O) groups excluding carboxylic acids is 2. The lowest BCUT2D eigenvalue weighted by atomic mass is 10.1. The van der Waals surface area contributed by atoms with E-state index < -0.39 is 24.7 Å². The molecule has 1 aromatic rings. The minimum absolute atomic E-state index is 0.105. The van der Waals surface area contributed by atoms with Crippen molar-refractivity contribution >= 4 is 11.8 Å². The van der Waals surface area contributed by atoms with Crippen LogP contribution in [0.5, 0.6) is 0 Å². The van der Waals surface area contributed by atoms with E-state index in [0.29, 0.717) is 19.0 Å². The zero-order valence-corrected chi connectivity index (χ0v) is 16.3. The van der Waals surface area contributed by atoms with Crippen molar-refractivity contribution < 1.29 is 22.8 Å². The molecule has 2 amide bonds. The van der Waals surface area contributed by atoms with E-state index in [-0.39, 0.29) is 16.5 Å². The molecule has 6 nitrogen and oxygen atoms in total. The van der Waals surface area contributed by atoms with Gasteiger partial charge in [0.05, 0.1) is 0 Å². The number of nitrogens with zero attached hydrogens (tertiary/aromatic N) is 2. The van der Waals surface area contributed by atoms with Gasteiger partial charge in [-0.1, -0.05) is 18.2 Å². The molecule has 2 aliphatic heterocycles. The number of halogens is 3. The van der Waals surface area contributed by atoms with E-state index >= 15 is 0 Å². The molecule has 1 aromatic carbocycles. The molecule has 9 heteroatoms. The van der Waals surface area contributed by atoms with E-state index in [4.69, 9.17) is 0 Å². The number of alkyl halides is 3. The molecule has 0 bridgehead atoms. The fourth-order valence-electron chi connectivity index (χ4n) is 4.03. The van der Waals surface area contributed by atoms with Gasteiger partial charge in [0, 0.05) is 30.7 Å². The van der Waals surface area contributed by atoms with Crippen LogP contribution in [0.2, 0.25) is 0 Å². The quantitative estimate of drug-likeness (QED) is 0.726. The van der Waals surface area contributed by atoms with Gasteiger partial charge in [-0.15, -0.1) is 13.2 Å². The third-order valence-corrected chi connectivity index (χ3v) is 5.52. The zero-order valence-electron chi connectivity index (χ0n) is 16.3. The molecule has 2 fully saturated rings. The number of hydrogen-bond donors (Lipinski definition) is 2. The van der Waals surface area contributed by atoms with Gasteiger partial charge in [0.25, 0.3) is 5.91 Å². The summed E-state index contributed by atoms with van der Waals surface area (Å²) in [4.78, 5) is 26.5. The van der Waals surface area contributed by atoms with Gasteiger partial charge >= 0.3 is 6.30 Å². The Labute approximate surface area is 168 Å². The summed E-state index contributed by atoms with van der Waals surface area (Å²) in [5, 5.41) is 6.05. The molecular weight excluding hydrogens is 385 g/mol. The van der Waals surface area contributed by atoms with E-state index in [1.54, 1.807) is 6.07 Å². The molecule has 2 aliphatic rings. The molecule has 0 saturated carbocycles. The third kappa shape index (κ3) is 5.93. The summed E-state index contributed by atoms with van der Waals surface area (Å²) >= 11 is 0. The van der Waals surface area contributed by atoms with Crippen LogP contribution in [0.25, 0.3) is 0 Å².